The van der Waals surface area contributed by atoms with Crippen molar-refractivity contribution in [2.24, 2.45) is 0 Å². The van der Waals surface area contributed by atoms with Gasteiger partial charge in [-0.2, -0.15) is 4.98 Å². The van der Waals surface area contributed by atoms with Gasteiger partial charge in [-0.3, -0.25) is 4.79 Å². The molecular formula is C24H21BN4O3. The number of nitrogens with zero attached hydrogens (tertiary/aromatic N) is 2. The smallest absolute Gasteiger partial charge is 0.226 e. The van der Waals surface area contributed by atoms with Crippen LogP contribution in [0.4, 0.5) is 16.4 Å². The summed E-state index contributed by atoms with van der Waals surface area (Å²) in [6, 6.07) is 20.6. The van der Waals surface area contributed by atoms with E-state index < -0.39 is 5.81 Å². The molecule has 0 saturated carbocycles. The first kappa shape index (κ1) is 21.2. The highest BCUT2D eigenvalue weighted by Crippen LogP contribution is 2.34. The second-order valence-electron chi connectivity index (χ2n) is 7.12. The minimum Gasteiger partial charge on any atom is -0.497 e. The van der Waals surface area contributed by atoms with Crippen LogP contribution in [0.1, 0.15) is 11.3 Å². The van der Waals surface area contributed by atoms with Gasteiger partial charge in [0.1, 0.15) is 11.5 Å². The first-order valence-corrected chi connectivity index (χ1v) is 10.0. The molecule has 1 aromatic heterocycles. The molecular weight excluding hydrogens is 403 g/mol. The van der Waals surface area contributed by atoms with Crippen LogP contribution in [0, 0.1) is 6.92 Å². The maximum Gasteiger partial charge on any atom is 0.226 e. The fourth-order valence-electron chi connectivity index (χ4n) is 3.31. The zero-order chi connectivity index (χ0) is 22.5. The van der Waals surface area contributed by atoms with Gasteiger partial charge in [-0.25, -0.2) is 4.98 Å². The summed E-state index contributed by atoms with van der Waals surface area (Å²) >= 11 is 0. The first-order chi connectivity index (χ1) is 15.5. The topological polar surface area (TPSA) is 85.4 Å². The Labute approximate surface area is 187 Å². The summed E-state index contributed by atoms with van der Waals surface area (Å²) in [6.07, 6.45) is 0. The van der Waals surface area contributed by atoms with Crippen molar-refractivity contribution in [2.75, 3.05) is 17.7 Å². The minimum absolute atomic E-state index is 0.412. The Balaban J connectivity index is 1.56. The number of fused-ring (bicyclic) bond motifs is 1. The van der Waals surface area contributed by atoms with Crippen molar-refractivity contribution < 1.29 is 14.3 Å². The van der Waals surface area contributed by atoms with Crippen LogP contribution in [0.15, 0.2) is 66.7 Å². The normalized spacial score (nSPS) is 10.6. The molecule has 0 atom stereocenters. The van der Waals surface area contributed by atoms with E-state index in [1.807, 2.05) is 55.5 Å². The van der Waals surface area contributed by atoms with Gasteiger partial charge in [-0.1, -0.05) is 36.4 Å². The molecule has 32 heavy (non-hydrogen) atoms. The number of anilines is 2. The number of carbonyl (C=O) groups excluding carboxylic acids is 1. The van der Waals surface area contributed by atoms with Crippen molar-refractivity contribution in [3.8, 4) is 17.4 Å². The number of benzene rings is 3. The van der Waals surface area contributed by atoms with Gasteiger partial charge < -0.3 is 20.1 Å². The zero-order valence-electron chi connectivity index (χ0n) is 17.8. The molecule has 0 unspecified atom stereocenters. The van der Waals surface area contributed by atoms with E-state index in [-0.39, 0.29) is 0 Å². The maximum absolute atomic E-state index is 11.3. The van der Waals surface area contributed by atoms with E-state index in [1.165, 1.54) is 0 Å². The van der Waals surface area contributed by atoms with Gasteiger partial charge in [0.15, 0.2) is 5.81 Å². The van der Waals surface area contributed by atoms with Crippen LogP contribution < -0.4 is 20.1 Å². The van der Waals surface area contributed by atoms with E-state index in [0.29, 0.717) is 29.8 Å². The lowest BCUT2D eigenvalue weighted by Gasteiger charge is -2.13. The monoisotopic (exact) mass is 424 g/mol. The summed E-state index contributed by atoms with van der Waals surface area (Å²) in [5, 5.41) is 7.50. The van der Waals surface area contributed by atoms with E-state index in [2.05, 4.69) is 20.6 Å². The van der Waals surface area contributed by atoms with E-state index in [4.69, 9.17) is 17.3 Å². The Bertz CT molecular complexity index is 1260. The van der Waals surface area contributed by atoms with Gasteiger partial charge in [0.05, 0.1) is 7.11 Å². The number of aryl methyl sites for hydroxylation is 1. The predicted octanol–water partition coefficient (Wildman–Crippen LogP) is 5.05. The van der Waals surface area contributed by atoms with E-state index in [1.54, 1.807) is 25.3 Å². The van der Waals surface area contributed by atoms with Crippen LogP contribution in [0.5, 0.6) is 17.4 Å². The Morgan fingerprint density at radius 2 is 1.75 bits per heavy atom. The number of methoxy groups -OCH3 is 1. The number of nitrogens with one attached hydrogen (secondary N) is 2. The number of hydrogen-bond donors (Lipinski definition) is 2. The lowest BCUT2D eigenvalue weighted by molar-refractivity contribution is 0.269. The zero-order valence-corrected chi connectivity index (χ0v) is 17.8. The van der Waals surface area contributed by atoms with Crippen LogP contribution in [-0.2, 0) is 6.54 Å². The number of rotatable bonds is 7. The molecule has 0 aliphatic heterocycles. The molecule has 0 saturated heterocycles. The number of hydrogen-bond acceptors (Lipinski definition) is 6. The third kappa shape index (κ3) is 4.97. The summed E-state index contributed by atoms with van der Waals surface area (Å²) in [6.45, 7) is 2.44. The highest BCUT2D eigenvalue weighted by Gasteiger charge is 2.11. The van der Waals surface area contributed by atoms with Gasteiger partial charge in [-0.05, 0) is 36.8 Å². The molecule has 0 aliphatic carbocycles. The molecule has 1 amide bonds. The molecule has 1 heterocycles. The molecule has 0 aliphatic rings. The third-order valence-electron chi connectivity index (χ3n) is 4.80. The average molecular weight is 424 g/mol. The fourth-order valence-corrected chi connectivity index (χ4v) is 3.31. The summed E-state index contributed by atoms with van der Waals surface area (Å²) in [7, 11) is 6.92. The fraction of sp³-hybridized carbons (Fsp3) is 0.125. The summed E-state index contributed by atoms with van der Waals surface area (Å²) < 4.78 is 11.3. The molecule has 3 aromatic carbocycles. The van der Waals surface area contributed by atoms with Gasteiger partial charge in [0.25, 0.3) is 0 Å². The van der Waals surface area contributed by atoms with Crippen LogP contribution >= 0.6 is 0 Å². The van der Waals surface area contributed by atoms with Crippen molar-refractivity contribution in [3.63, 3.8) is 0 Å². The average Bonchev–Trinajstić information content (AvgIpc) is 2.79. The van der Waals surface area contributed by atoms with Crippen LogP contribution in [-0.4, -0.2) is 30.7 Å². The molecule has 0 spiro atoms. The molecule has 4 rings (SSSR count). The second kappa shape index (κ2) is 9.39. The Kier molecular flexibility index (Phi) is 6.21. The number of amides is 1. The van der Waals surface area contributed by atoms with Crippen LogP contribution in [0.25, 0.3) is 10.8 Å². The van der Waals surface area contributed by atoms with E-state index in [0.717, 1.165) is 27.8 Å². The van der Waals surface area contributed by atoms with Crippen LogP contribution in [0.2, 0.25) is 0 Å². The third-order valence-corrected chi connectivity index (χ3v) is 4.80. The Morgan fingerprint density at radius 1 is 1.00 bits per heavy atom. The van der Waals surface area contributed by atoms with Gasteiger partial charge >= 0.3 is 0 Å². The largest absolute Gasteiger partial charge is 0.497 e. The van der Waals surface area contributed by atoms with Crippen molar-refractivity contribution in [1.82, 2.24) is 9.97 Å². The first-order valence-electron chi connectivity index (χ1n) is 10.0. The molecule has 0 bridgehead atoms. The molecule has 0 fully saturated rings. The van der Waals surface area contributed by atoms with Crippen molar-refractivity contribution in [3.05, 3.63) is 78.0 Å². The summed E-state index contributed by atoms with van der Waals surface area (Å²) in [5.74, 6) is 1.67. The molecule has 4 aromatic rings. The van der Waals surface area contributed by atoms with Gasteiger partial charge in [0, 0.05) is 34.8 Å². The minimum atomic E-state index is -0.622. The lowest BCUT2D eigenvalue weighted by atomic mass is 10.1. The summed E-state index contributed by atoms with van der Waals surface area (Å²) in [4.78, 5) is 20.3. The molecule has 2 radical (unpaired) electrons. The Morgan fingerprint density at radius 3 is 2.47 bits per heavy atom. The standard InChI is InChI=1S/C24H21BN4O3/c1-15-13-22(29-24(27-15)26-14-16-7-9-17(31-2)10-8-16)32-21-12-11-20(28-23(25)30)18-5-3-4-6-19(18)21/h3-13H,14H2,1-2H3,(H,28,30)(H,26,27,29). The highest BCUT2D eigenvalue weighted by atomic mass is 16.5. The van der Waals surface area contributed by atoms with E-state index in [9.17, 15) is 4.79 Å². The molecule has 2 N–H and O–H groups in total. The van der Waals surface area contributed by atoms with Crippen molar-refractivity contribution in [1.29, 1.82) is 0 Å². The van der Waals surface area contributed by atoms with Crippen LogP contribution in [0.3, 0.4) is 0 Å². The SMILES string of the molecule is [B]C(=O)Nc1ccc(Oc2cc(C)nc(NCc3ccc(OC)cc3)n2)c2ccccc12. The number of ether oxygens (including phenoxy) is 2. The quantitative estimate of drug-likeness (QED) is 0.404. The molecule has 8 heteroatoms. The number of carbonyl (C=O) groups is 1. The van der Waals surface area contributed by atoms with Gasteiger partial charge in [-0.15, -0.1) is 0 Å². The number of aromatic nitrogens is 2. The van der Waals surface area contributed by atoms with E-state index >= 15 is 0 Å². The Hall–Kier alpha value is -4.07. The van der Waals surface area contributed by atoms with Gasteiger partial charge in [0.2, 0.25) is 19.7 Å². The highest BCUT2D eigenvalue weighted by molar-refractivity contribution is 6.60. The summed E-state index contributed by atoms with van der Waals surface area (Å²) in [5.41, 5.74) is 2.45. The molecule has 158 valence electrons. The van der Waals surface area contributed by atoms with Crippen molar-refractivity contribution >= 4 is 36.1 Å². The van der Waals surface area contributed by atoms with Crippen molar-refractivity contribution in [2.45, 2.75) is 13.5 Å². The predicted molar refractivity (Wildman–Crippen MR) is 126 cm³/mol. The maximum atomic E-state index is 11.3. The second-order valence-corrected chi connectivity index (χ2v) is 7.12. The lowest BCUT2D eigenvalue weighted by Crippen LogP contribution is -2.08. The molecule has 7 nitrogen and oxygen atoms in total.